The van der Waals surface area contributed by atoms with Crippen LogP contribution in [0.5, 0.6) is 0 Å². The van der Waals surface area contributed by atoms with Crippen LogP contribution in [0, 0.1) is 12.8 Å². The number of hydrogen-bond donors (Lipinski definition) is 0. The number of likely N-dealkylation sites (tertiary alicyclic amines) is 1. The molecule has 22 heavy (non-hydrogen) atoms. The van der Waals surface area contributed by atoms with Crippen molar-refractivity contribution in [3.8, 4) is 0 Å². The van der Waals surface area contributed by atoms with Crippen LogP contribution < -0.4 is 0 Å². The van der Waals surface area contributed by atoms with Gasteiger partial charge >= 0.3 is 0 Å². The Morgan fingerprint density at radius 2 is 1.64 bits per heavy atom. The Kier molecular flexibility index (Phi) is 4.67. The molecule has 1 heterocycles. The topological polar surface area (TPSA) is 20.3 Å². The summed E-state index contributed by atoms with van der Waals surface area (Å²) in [5.74, 6) is 0.583. The quantitative estimate of drug-likeness (QED) is 0.759. The first kappa shape index (κ1) is 15.7. The highest BCUT2D eigenvalue weighted by Gasteiger charge is 2.36. The average Bonchev–Trinajstić information content (AvgIpc) is 2.56. The SMILES string of the molecule is Cc1ccc(C(=O)C2CCN(C3(C)CCCCC3)CC2)cc1. The number of piperidine rings is 1. The molecule has 1 aliphatic carbocycles. The number of carbonyl (C=O) groups excluding carboxylic acids is 1. The van der Waals surface area contributed by atoms with E-state index in [1.807, 2.05) is 24.3 Å². The summed E-state index contributed by atoms with van der Waals surface area (Å²) in [5, 5.41) is 0. The molecule has 2 heteroatoms. The molecule has 2 fully saturated rings. The molecule has 0 N–H and O–H groups in total. The maximum Gasteiger partial charge on any atom is 0.166 e. The largest absolute Gasteiger partial charge is 0.298 e. The van der Waals surface area contributed by atoms with Crippen LogP contribution in [-0.4, -0.2) is 29.3 Å². The van der Waals surface area contributed by atoms with Gasteiger partial charge in [0.05, 0.1) is 0 Å². The molecule has 0 aromatic heterocycles. The summed E-state index contributed by atoms with van der Waals surface area (Å²) in [4.78, 5) is 15.3. The zero-order valence-electron chi connectivity index (χ0n) is 14.1. The van der Waals surface area contributed by atoms with Crippen molar-refractivity contribution < 1.29 is 4.79 Å². The minimum absolute atomic E-state index is 0.228. The fourth-order valence-corrected chi connectivity index (χ4v) is 4.26. The molecule has 1 aliphatic heterocycles. The number of aryl methyl sites for hydroxylation is 1. The summed E-state index contributed by atoms with van der Waals surface area (Å²) in [5.41, 5.74) is 2.51. The lowest BCUT2D eigenvalue weighted by Crippen LogP contribution is -2.51. The maximum absolute atomic E-state index is 12.7. The van der Waals surface area contributed by atoms with Crippen LogP contribution in [0.2, 0.25) is 0 Å². The third-order valence-corrected chi connectivity index (χ3v) is 5.90. The second-order valence-electron chi connectivity index (χ2n) is 7.55. The van der Waals surface area contributed by atoms with Gasteiger partial charge in [-0.1, -0.05) is 49.1 Å². The van der Waals surface area contributed by atoms with Gasteiger partial charge in [0.1, 0.15) is 0 Å². The van der Waals surface area contributed by atoms with Crippen molar-refractivity contribution in [1.82, 2.24) is 4.90 Å². The Balaban J connectivity index is 1.59. The normalized spacial score (nSPS) is 23.4. The minimum atomic E-state index is 0.228. The predicted molar refractivity (Wildman–Crippen MR) is 91.3 cm³/mol. The molecule has 0 amide bonds. The molecule has 2 nitrogen and oxygen atoms in total. The standard InChI is InChI=1S/C20H29NO/c1-16-6-8-17(9-7-16)19(22)18-10-14-21(15-11-18)20(2)12-4-3-5-13-20/h6-9,18H,3-5,10-15H2,1-2H3. The molecule has 0 unspecified atom stereocenters. The number of benzene rings is 1. The van der Waals surface area contributed by atoms with Crippen molar-refractivity contribution >= 4 is 5.78 Å². The Bertz CT molecular complexity index is 505. The van der Waals surface area contributed by atoms with Crippen LogP contribution >= 0.6 is 0 Å². The van der Waals surface area contributed by atoms with Gasteiger partial charge in [0.15, 0.2) is 5.78 Å². The van der Waals surface area contributed by atoms with Crippen LogP contribution in [0.25, 0.3) is 0 Å². The van der Waals surface area contributed by atoms with Crippen molar-refractivity contribution in [3.05, 3.63) is 35.4 Å². The smallest absolute Gasteiger partial charge is 0.166 e. The van der Waals surface area contributed by atoms with Crippen LogP contribution in [-0.2, 0) is 0 Å². The van der Waals surface area contributed by atoms with E-state index in [2.05, 4.69) is 18.7 Å². The van der Waals surface area contributed by atoms with E-state index in [1.165, 1.54) is 37.7 Å². The molecule has 120 valence electrons. The van der Waals surface area contributed by atoms with Gasteiger partial charge in [0, 0.05) is 17.0 Å². The average molecular weight is 299 g/mol. The maximum atomic E-state index is 12.7. The van der Waals surface area contributed by atoms with Gasteiger partial charge in [0.2, 0.25) is 0 Å². The fraction of sp³-hybridized carbons (Fsp3) is 0.650. The van der Waals surface area contributed by atoms with Gasteiger partial charge in [-0.05, 0) is 52.6 Å². The van der Waals surface area contributed by atoms with E-state index in [0.29, 0.717) is 11.3 Å². The second kappa shape index (κ2) is 6.54. The highest BCUT2D eigenvalue weighted by molar-refractivity contribution is 5.97. The number of rotatable bonds is 3. The summed E-state index contributed by atoms with van der Waals surface area (Å²) in [6, 6.07) is 8.08. The van der Waals surface area contributed by atoms with Gasteiger partial charge in [-0.3, -0.25) is 9.69 Å². The van der Waals surface area contributed by atoms with Gasteiger partial charge in [-0.15, -0.1) is 0 Å². The lowest BCUT2D eigenvalue weighted by Gasteiger charge is -2.47. The fourth-order valence-electron chi connectivity index (χ4n) is 4.26. The summed E-state index contributed by atoms with van der Waals surface area (Å²) in [6.07, 6.45) is 8.88. The summed E-state index contributed by atoms with van der Waals surface area (Å²) < 4.78 is 0. The number of nitrogens with zero attached hydrogens (tertiary/aromatic N) is 1. The van der Waals surface area contributed by atoms with E-state index in [4.69, 9.17) is 0 Å². The Morgan fingerprint density at radius 3 is 2.23 bits per heavy atom. The van der Waals surface area contributed by atoms with E-state index < -0.39 is 0 Å². The van der Waals surface area contributed by atoms with Gasteiger partial charge in [-0.25, -0.2) is 0 Å². The van der Waals surface area contributed by atoms with Crippen LogP contribution in [0.3, 0.4) is 0 Å². The Labute approximate surface area is 134 Å². The van der Waals surface area contributed by atoms with Crippen LogP contribution in [0.15, 0.2) is 24.3 Å². The molecule has 0 spiro atoms. The minimum Gasteiger partial charge on any atom is -0.298 e. The predicted octanol–water partition coefficient (Wildman–Crippen LogP) is 4.61. The first-order valence-electron chi connectivity index (χ1n) is 8.94. The van der Waals surface area contributed by atoms with Gasteiger partial charge in [-0.2, -0.15) is 0 Å². The van der Waals surface area contributed by atoms with E-state index in [9.17, 15) is 4.79 Å². The summed E-state index contributed by atoms with van der Waals surface area (Å²) >= 11 is 0. The number of hydrogen-bond acceptors (Lipinski definition) is 2. The Morgan fingerprint density at radius 1 is 1.05 bits per heavy atom. The van der Waals surface area contributed by atoms with Gasteiger partial charge < -0.3 is 0 Å². The molecule has 1 aromatic carbocycles. The first-order valence-corrected chi connectivity index (χ1v) is 8.94. The van der Waals surface area contributed by atoms with Crippen molar-refractivity contribution in [2.24, 2.45) is 5.92 Å². The van der Waals surface area contributed by atoms with Crippen LogP contribution in [0.1, 0.15) is 67.8 Å². The molecule has 3 rings (SSSR count). The third-order valence-electron chi connectivity index (χ3n) is 5.90. The molecule has 0 atom stereocenters. The zero-order valence-corrected chi connectivity index (χ0v) is 14.1. The van der Waals surface area contributed by atoms with Crippen molar-refractivity contribution in [3.63, 3.8) is 0 Å². The third kappa shape index (κ3) is 3.27. The zero-order chi connectivity index (χ0) is 15.6. The number of Topliss-reactive ketones (excluding diaryl/α,β-unsaturated/α-hetero) is 1. The van der Waals surface area contributed by atoms with Gasteiger partial charge in [0.25, 0.3) is 0 Å². The van der Waals surface area contributed by atoms with Crippen molar-refractivity contribution in [1.29, 1.82) is 0 Å². The molecular weight excluding hydrogens is 270 g/mol. The first-order chi connectivity index (χ1) is 10.6. The van der Waals surface area contributed by atoms with Crippen LogP contribution in [0.4, 0.5) is 0 Å². The number of carbonyl (C=O) groups is 1. The molecule has 1 saturated heterocycles. The van der Waals surface area contributed by atoms with E-state index >= 15 is 0 Å². The highest BCUT2D eigenvalue weighted by atomic mass is 16.1. The molecular formula is C20H29NO. The molecule has 1 saturated carbocycles. The van der Waals surface area contributed by atoms with E-state index in [-0.39, 0.29) is 5.92 Å². The molecule has 1 aromatic rings. The lowest BCUT2D eigenvalue weighted by atomic mass is 9.79. The summed E-state index contributed by atoms with van der Waals surface area (Å²) in [6.45, 7) is 6.70. The number of ketones is 1. The van der Waals surface area contributed by atoms with Crippen molar-refractivity contribution in [2.45, 2.75) is 64.3 Å². The molecule has 0 radical (unpaired) electrons. The second-order valence-corrected chi connectivity index (χ2v) is 7.55. The lowest BCUT2D eigenvalue weighted by molar-refractivity contribution is 0.0327. The molecule has 2 aliphatic rings. The molecule has 0 bridgehead atoms. The monoisotopic (exact) mass is 299 g/mol. The highest BCUT2D eigenvalue weighted by Crippen LogP contribution is 2.36. The van der Waals surface area contributed by atoms with E-state index in [0.717, 1.165) is 31.5 Å². The van der Waals surface area contributed by atoms with E-state index in [1.54, 1.807) is 0 Å². The van der Waals surface area contributed by atoms with Crippen molar-refractivity contribution in [2.75, 3.05) is 13.1 Å². The summed E-state index contributed by atoms with van der Waals surface area (Å²) in [7, 11) is 0. The Hall–Kier alpha value is -1.15.